The van der Waals surface area contributed by atoms with Crippen LogP contribution in [-0.4, -0.2) is 47.1 Å². The summed E-state index contributed by atoms with van der Waals surface area (Å²) in [5.74, 6) is 0.374. The van der Waals surface area contributed by atoms with E-state index >= 15 is 0 Å². The molecule has 0 saturated carbocycles. The lowest BCUT2D eigenvalue weighted by Crippen LogP contribution is -2.39. The number of nitrogens with zero attached hydrogens (tertiary/aromatic N) is 2. The quantitative estimate of drug-likeness (QED) is 0.860. The first kappa shape index (κ1) is 14.8. The van der Waals surface area contributed by atoms with E-state index in [2.05, 4.69) is 17.2 Å². The highest BCUT2D eigenvalue weighted by Crippen LogP contribution is 2.21. The zero-order chi connectivity index (χ0) is 14.4. The van der Waals surface area contributed by atoms with Crippen molar-refractivity contribution in [2.75, 3.05) is 31.6 Å². The summed E-state index contributed by atoms with van der Waals surface area (Å²) in [5, 5.41) is 12.4. The summed E-state index contributed by atoms with van der Waals surface area (Å²) < 4.78 is 0. The number of pyridine rings is 1. The Morgan fingerprint density at radius 1 is 1.50 bits per heavy atom. The minimum atomic E-state index is 0.0353. The van der Waals surface area contributed by atoms with Crippen LogP contribution in [0.4, 0.5) is 5.69 Å². The number of aliphatic hydroxyl groups is 1. The number of carbonyl (C=O) groups excluding carboxylic acids is 1. The van der Waals surface area contributed by atoms with E-state index in [4.69, 9.17) is 5.11 Å². The molecule has 20 heavy (non-hydrogen) atoms. The molecule has 110 valence electrons. The number of piperidine rings is 1. The van der Waals surface area contributed by atoms with E-state index in [0.717, 1.165) is 31.5 Å². The molecule has 0 unspecified atom stereocenters. The van der Waals surface area contributed by atoms with Crippen molar-refractivity contribution in [2.24, 2.45) is 5.92 Å². The molecule has 0 aliphatic carbocycles. The van der Waals surface area contributed by atoms with Gasteiger partial charge in [0.1, 0.15) is 0 Å². The third-order valence-corrected chi connectivity index (χ3v) is 3.78. The Morgan fingerprint density at radius 3 is 2.90 bits per heavy atom. The van der Waals surface area contributed by atoms with Crippen molar-refractivity contribution in [1.82, 2.24) is 9.88 Å². The first-order valence-corrected chi connectivity index (χ1v) is 7.34. The first-order chi connectivity index (χ1) is 9.76. The van der Waals surface area contributed by atoms with Crippen LogP contribution in [0.2, 0.25) is 0 Å². The molecule has 1 saturated heterocycles. The number of hydrogen-bond donors (Lipinski definition) is 2. The summed E-state index contributed by atoms with van der Waals surface area (Å²) >= 11 is 0. The van der Waals surface area contributed by atoms with E-state index in [-0.39, 0.29) is 12.5 Å². The minimum Gasteiger partial charge on any atom is -0.396 e. The van der Waals surface area contributed by atoms with Gasteiger partial charge in [-0.1, -0.05) is 6.92 Å². The maximum atomic E-state index is 12.6. The highest BCUT2D eigenvalue weighted by atomic mass is 16.3. The molecule has 5 nitrogen and oxygen atoms in total. The maximum Gasteiger partial charge on any atom is 0.257 e. The second-order valence-electron chi connectivity index (χ2n) is 5.27. The largest absolute Gasteiger partial charge is 0.396 e. The van der Waals surface area contributed by atoms with Gasteiger partial charge in [-0.15, -0.1) is 0 Å². The topological polar surface area (TPSA) is 65.5 Å². The molecular formula is C15H23N3O2. The van der Waals surface area contributed by atoms with Crippen molar-refractivity contribution in [2.45, 2.75) is 26.2 Å². The molecular weight excluding hydrogens is 254 g/mol. The molecule has 0 radical (unpaired) electrons. The molecule has 2 N–H and O–H groups in total. The van der Waals surface area contributed by atoms with Crippen molar-refractivity contribution in [3.05, 3.63) is 24.0 Å². The van der Waals surface area contributed by atoms with Crippen LogP contribution in [0.25, 0.3) is 0 Å². The predicted octanol–water partition coefficient (Wildman–Crippen LogP) is 1.75. The fourth-order valence-electron chi connectivity index (χ4n) is 2.47. The van der Waals surface area contributed by atoms with E-state index < -0.39 is 0 Å². The average Bonchev–Trinajstić information content (AvgIpc) is 2.52. The van der Waals surface area contributed by atoms with E-state index in [1.807, 2.05) is 11.0 Å². The molecule has 0 aromatic carbocycles. The number of aromatic nitrogens is 1. The molecule has 1 amide bonds. The van der Waals surface area contributed by atoms with Gasteiger partial charge in [-0.2, -0.15) is 0 Å². The van der Waals surface area contributed by atoms with Gasteiger partial charge >= 0.3 is 0 Å². The molecule has 2 rings (SSSR count). The molecule has 1 aromatic heterocycles. The van der Waals surface area contributed by atoms with Gasteiger partial charge in [-0.3, -0.25) is 9.78 Å². The lowest BCUT2D eigenvalue weighted by Gasteiger charge is -2.31. The van der Waals surface area contributed by atoms with Gasteiger partial charge in [0.15, 0.2) is 0 Å². The molecule has 1 aromatic rings. The number of anilines is 1. The van der Waals surface area contributed by atoms with Gasteiger partial charge in [0.05, 0.1) is 11.3 Å². The van der Waals surface area contributed by atoms with Crippen molar-refractivity contribution in [3.63, 3.8) is 0 Å². The monoisotopic (exact) mass is 277 g/mol. The van der Waals surface area contributed by atoms with Crippen molar-refractivity contribution in [3.8, 4) is 0 Å². The molecule has 2 heterocycles. The Hall–Kier alpha value is -1.62. The van der Waals surface area contributed by atoms with Gasteiger partial charge in [0.2, 0.25) is 0 Å². The normalized spacial score (nSPS) is 16.2. The number of nitrogens with one attached hydrogen (secondary N) is 1. The Morgan fingerprint density at radius 2 is 2.25 bits per heavy atom. The second-order valence-corrected chi connectivity index (χ2v) is 5.27. The smallest absolute Gasteiger partial charge is 0.257 e. The SMILES string of the molecule is CCCNc1ccncc1C(=O)N1CCC(CO)CC1. The van der Waals surface area contributed by atoms with E-state index in [0.29, 0.717) is 24.6 Å². The average molecular weight is 277 g/mol. The van der Waals surface area contributed by atoms with Crippen molar-refractivity contribution in [1.29, 1.82) is 0 Å². The highest BCUT2D eigenvalue weighted by Gasteiger charge is 2.24. The number of hydrogen-bond acceptors (Lipinski definition) is 4. The highest BCUT2D eigenvalue weighted by molar-refractivity contribution is 5.99. The Labute approximate surface area is 120 Å². The molecule has 1 aliphatic heterocycles. The first-order valence-electron chi connectivity index (χ1n) is 7.34. The zero-order valence-corrected chi connectivity index (χ0v) is 12.0. The lowest BCUT2D eigenvalue weighted by atomic mass is 9.97. The van der Waals surface area contributed by atoms with Crippen LogP contribution >= 0.6 is 0 Å². The number of amides is 1. The van der Waals surface area contributed by atoms with Crippen LogP contribution in [-0.2, 0) is 0 Å². The van der Waals surface area contributed by atoms with Crippen molar-refractivity contribution >= 4 is 11.6 Å². The predicted molar refractivity (Wildman–Crippen MR) is 78.7 cm³/mol. The molecule has 0 atom stereocenters. The minimum absolute atomic E-state index is 0.0353. The number of rotatable bonds is 5. The van der Waals surface area contributed by atoms with Crippen molar-refractivity contribution < 1.29 is 9.90 Å². The number of carbonyl (C=O) groups is 1. The van der Waals surface area contributed by atoms with Crippen LogP contribution in [0.5, 0.6) is 0 Å². The Balaban J connectivity index is 2.05. The summed E-state index contributed by atoms with van der Waals surface area (Å²) in [6.45, 7) is 4.59. The molecule has 1 fully saturated rings. The van der Waals surface area contributed by atoms with Gasteiger partial charge in [0, 0.05) is 38.6 Å². The summed E-state index contributed by atoms with van der Waals surface area (Å²) in [7, 11) is 0. The third-order valence-electron chi connectivity index (χ3n) is 3.78. The molecule has 1 aliphatic rings. The van der Waals surface area contributed by atoms with E-state index in [1.54, 1.807) is 12.4 Å². The van der Waals surface area contributed by atoms with Gasteiger partial charge in [0.25, 0.3) is 5.91 Å². The third kappa shape index (κ3) is 3.48. The fourth-order valence-corrected chi connectivity index (χ4v) is 2.47. The lowest BCUT2D eigenvalue weighted by molar-refractivity contribution is 0.0651. The number of aliphatic hydroxyl groups excluding tert-OH is 1. The zero-order valence-electron chi connectivity index (χ0n) is 12.0. The Bertz CT molecular complexity index is 442. The van der Waals surface area contributed by atoms with Crippen LogP contribution < -0.4 is 5.32 Å². The van der Waals surface area contributed by atoms with E-state index in [1.165, 1.54) is 0 Å². The number of likely N-dealkylation sites (tertiary alicyclic amines) is 1. The van der Waals surface area contributed by atoms with Gasteiger partial charge < -0.3 is 15.3 Å². The molecule has 5 heteroatoms. The summed E-state index contributed by atoms with van der Waals surface area (Å²) in [4.78, 5) is 18.5. The van der Waals surface area contributed by atoms with Crippen LogP contribution in [0.15, 0.2) is 18.5 Å². The van der Waals surface area contributed by atoms with Crippen LogP contribution in [0.1, 0.15) is 36.5 Å². The van der Waals surface area contributed by atoms with E-state index in [9.17, 15) is 4.79 Å². The molecule has 0 spiro atoms. The summed E-state index contributed by atoms with van der Waals surface area (Å²) in [6, 6.07) is 1.85. The van der Waals surface area contributed by atoms with Gasteiger partial charge in [-0.25, -0.2) is 0 Å². The maximum absolute atomic E-state index is 12.6. The summed E-state index contributed by atoms with van der Waals surface area (Å²) in [6.07, 6.45) is 6.10. The van der Waals surface area contributed by atoms with Crippen LogP contribution in [0.3, 0.4) is 0 Å². The Kier molecular flexibility index (Phi) is 5.35. The fraction of sp³-hybridized carbons (Fsp3) is 0.600. The summed E-state index contributed by atoms with van der Waals surface area (Å²) in [5.41, 5.74) is 1.50. The van der Waals surface area contributed by atoms with Crippen LogP contribution in [0, 0.1) is 5.92 Å². The standard InChI is InChI=1S/C15H23N3O2/c1-2-6-17-14-3-7-16-10-13(14)15(20)18-8-4-12(11-19)5-9-18/h3,7,10,12,19H,2,4-6,8-9,11H2,1H3,(H,16,17). The second kappa shape index (κ2) is 7.24. The van der Waals surface area contributed by atoms with Gasteiger partial charge in [-0.05, 0) is 31.2 Å². The molecule has 0 bridgehead atoms.